The molecule has 1 saturated heterocycles. The van der Waals surface area contributed by atoms with E-state index in [4.69, 9.17) is 0 Å². The molecule has 1 fully saturated rings. The summed E-state index contributed by atoms with van der Waals surface area (Å²) >= 11 is 0. The number of likely N-dealkylation sites (N-methyl/N-ethyl adjacent to an activating group) is 1. The highest BCUT2D eigenvalue weighted by atomic mass is 32.2. The lowest BCUT2D eigenvalue weighted by molar-refractivity contribution is 0.293. The molecule has 5 nitrogen and oxygen atoms in total. The minimum absolute atomic E-state index is 0.266. The number of nitrogens with zero attached hydrogens (tertiary/aromatic N) is 2. The van der Waals surface area contributed by atoms with Crippen molar-refractivity contribution in [1.82, 2.24) is 14.2 Å². The SMILES string of the molecule is CNC1CCCN(S(=O)(=O)c2ccn(C)c2)C1. The van der Waals surface area contributed by atoms with Crippen molar-refractivity contribution in [1.29, 1.82) is 0 Å². The second-order valence-corrected chi connectivity index (χ2v) is 6.44. The number of sulfonamides is 1. The fourth-order valence-corrected chi connectivity index (χ4v) is 3.75. The Hall–Kier alpha value is -0.850. The van der Waals surface area contributed by atoms with Crippen molar-refractivity contribution in [2.45, 2.75) is 23.8 Å². The molecule has 96 valence electrons. The van der Waals surface area contributed by atoms with Crippen LogP contribution in [0.25, 0.3) is 0 Å². The fraction of sp³-hybridized carbons (Fsp3) is 0.636. The van der Waals surface area contributed by atoms with Gasteiger partial charge in [0.15, 0.2) is 0 Å². The zero-order valence-corrected chi connectivity index (χ0v) is 11.1. The van der Waals surface area contributed by atoms with Crippen molar-refractivity contribution in [2.75, 3.05) is 20.1 Å². The van der Waals surface area contributed by atoms with Crippen molar-refractivity contribution >= 4 is 10.0 Å². The van der Waals surface area contributed by atoms with Crippen LogP contribution in [0.2, 0.25) is 0 Å². The first kappa shape index (κ1) is 12.6. The molecule has 2 heterocycles. The van der Waals surface area contributed by atoms with Gasteiger partial charge in [-0.1, -0.05) is 0 Å². The first-order valence-corrected chi connectivity index (χ1v) is 7.27. The van der Waals surface area contributed by atoms with Crippen LogP contribution in [0.4, 0.5) is 0 Å². The number of nitrogens with one attached hydrogen (secondary N) is 1. The molecule has 0 spiro atoms. The quantitative estimate of drug-likeness (QED) is 0.852. The summed E-state index contributed by atoms with van der Waals surface area (Å²) in [5.74, 6) is 0. The molecule has 1 aliphatic rings. The van der Waals surface area contributed by atoms with E-state index in [1.54, 1.807) is 27.3 Å². The van der Waals surface area contributed by atoms with Gasteiger partial charge in [-0.05, 0) is 26.0 Å². The van der Waals surface area contributed by atoms with Gasteiger partial charge in [-0.2, -0.15) is 4.31 Å². The number of aromatic nitrogens is 1. The van der Waals surface area contributed by atoms with Gasteiger partial charge in [-0.3, -0.25) is 0 Å². The summed E-state index contributed by atoms with van der Waals surface area (Å²) < 4.78 is 28.0. The molecule has 0 aliphatic carbocycles. The predicted molar refractivity (Wildman–Crippen MR) is 66.3 cm³/mol. The molecular weight excluding hydrogens is 238 g/mol. The molecular formula is C11H19N3O2S. The number of hydrogen-bond acceptors (Lipinski definition) is 3. The largest absolute Gasteiger partial charge is 0.356 e. The van der Waals surface area contributed by atoms with Crippen LogP contribution >= 0.6 is 0 Å². The van der Waals surface area contributed by atoms with Gasteiger partial charge in [-0.15, -0.1) is 0 Å². The van der Waals surface area contributed by atoms with Crippen molar-refractivity contribution < 1.29 is 8.42 Å². The van der Waals surface area contributed by atoms with Gasteiger partial charge in [-0.25, -0.2) is 8.42 Å². The van der Waals surface area contributed by atoms with Crippen molar-refractivity contribution in [3.8, 4) is 0 Å². The third-order valence-corrected chi connectivity index (χ3v) is 5.08. The van der Waals surface area contributed by atoms with Crippen LogP contribution in [0.3, 0.4) is 0 Å². The van der Waals surface area contributed by atoms with E-state index in [1.165, 1.54) is 0 Å². The van der Waals surface area contributed by atoms with Gasteiger partial charge in [0.25, 0.3) is 0 Å². The molecule has 0 saturated carbocycles. The standard InChI is InChI=1S/C11H19N3O2S/c1-12-10-4-3-6-14(8-10)17(15,16)11-5-7-13(2)9-11/h5,7,9-10,12H,3-4,6,8H2,1-2H3. The normalized spacial score (nSPS) is 22.8. The maximum absolute atomic E-state index is 12.3. The molecule has 1 N–H and O–H groups in total. The molecule has 1 unspecified atom stereocenters. The number of aryl methyl sites for hydroxylation is 1. The Kier molecular flexibility index (Phi) is 3.56. The van der Waals surface area contributed by atoms with Crippen LogP contribution in [0.1, 0.15) is 12.8 Å². The van der Waals surface area contributed by atoms with Gasteiger partial charge >= 0.3 is 0 Å². The maximum Gasteiger partial charge on any atom is 0.244 e. The van der Waals surface area contributed by atoms with Gasteiger partial charge in [0.05, 0.1) is 4.90 Å². The Morgan fingerprint density at radius 2 is 2.24 bits per heavy atom. The fourth-order valence-electron chi connectivity index (χ4n) is 2.18. The highest BCUT2D eigenvalue weighted by Gasteiger charge is 2.29. The van der Waals surface area contributed by atoms with Gasteiger partial charge in [0, 0.05) is 38.6 Å². The highest BCUT2D eigenvalue weighted by Crippen LogP contribution is 2.20. The molecule has 0 aromatic carbocycles. The molecule has 6 heteroatoms. The average molecular weight is 257 g/mol. The minimum Gasteiger partial charge on any atom is -0.356 e. The van der Waals surface area contributed by atoms with Gasteiger partial charge in [0.2, 0.25) is 10.0 Å². The van der Waals surface area contributed by atoms with Crippen molar-refractivity contribution in [2.24, 2.45) is 7.05 Å². The van der Waals surface area contributed by atoms with E-state index in [9.17, 15) is 8.42 Å². The van der Waals surface area contributed by atoms with Gasteiger partial charge < -0.3 is 9.88 Å². The van der Waals surface area contributed by atoms with Crippen LogP contribution in [-0.4, -0.2) is 43.5 Å². The first-order chi connectivity index (χ1) is 8.04. The predicted octanol–water partition coefficient (Wildman–Crippen LogP) is 0.398. The molecule has 0 bridgehead atoms. The summed E-state index contributed by atoms with van der Waals surface area (Å²) in [7, 11) is 0.392. The van der Waals surface area contributed by atoms with Crippen LogP contribution in [-0.2, 0) is 17.1 Å². The smallest absolute Gasteiger partial charge is 0.244 e. The van der Waals surface area contributed by atoms with E-state index in [0.717, 1.165) is 12.8 Å². The van der Waals surface area contributed by atoms with E-state index >= 15 is 0 Å². The summed E-state index contributed by atoms with van der Waals surface area (Å²) in [5.41, 5.74) is 0. The Morgan fingerprint density at radius 3 is 2.82 bits per heavy atom. The summed E-state index contributed by atoms with van der Waals surface area (Å²) in [6, 6.07) is 1.92. The molecule has 0 amide bonds. The van der Waals surface area contributed by atoms with E-state index in [1.807, 2.05) is 14.1 Å². The summed E-state index contributed by atoms with van der Waals surface area (Å²) in [4.78, 5) is 0.386. The summed E-state index contributed by atoms with van der Waals surface area (Å²) in [6.45, 7) is 1.18. The molecule has 1 atom stereocenters. The molecule has 2 rings (SSSR count). The lowest BCUT2D eigenvalue weighted by Crippen LogP contribution is -2.46. The molecule has 1 aromatic heterocycles. The van der Waals surface area contributed by atoms with Crippen molar-refractivity contribution in [3.05, 3.63) is 18.5 Å². The van der Waals surface area contributed by atoms with E-state index in [0.29, 0.717) is 18.0 Å². The molecule has 0 radical (unpaired) electrons. The summed E-state index contributed by atoms with van der Waals surface area (Å²) in [6.07, 6.45) is 5.36. The Labute approximate surface area is 102 Å². The van der Waals surface area contributed by atoms with Crippen LogP contribution in [0.5, 0.6) is 0 Å². The lowest BCUT2D eigenvalue weighted by atomic mass is 10.1. The van der Waals surface area contributed by atoms with Crippen molar-refractivity contribution in [3.63, 3.8) is 0 Å². The zero-order valence-electron chi connectivity index (χ0n) is 10.3. The number of piperidine rings is 1. The Morgan fingerprint density at radius 1 is 1.47 bits per heavy atom. The van der Waals surface area contributed by atoms with Crippen LogP contribution in [0, 0.1) is 0 Å². The van der Waals surface area contributed by atoms with E-state index < -0.39 is 10.0 Å². The van der Waals surface area contributed by atoms with Gasteiger partial charge in [0.1, 0.15) is 0 Å². The highest BCUT2D eigenvalue weighted by molar-refractivity contribution is 7.89. The Balaban J connectivity index is 2.21. The monoisotopic (exact) mass is 257 g/mol. The minimum atomic E-state index is -3.31. The van der Waals surface area contributed by atoms with E-state index in [2.05, 4.69) is 5.32 Å². The molecule has 17 heavy (non-hydrogen) atoms. The maximum atomic E-state index is 12.3. The lowest BCUT2D eigenvalue weighted by Gasteiger charge is -2.31. The number of hydrogen-bond donors (Lipinski definition) is 1. The Bertz CT molecular complexity index is 481. The van der Waals surface area contributed by atoms with Crippen LogP contribution < -0.4 is 5.32 Å². The zero-order chi connectivity index (χ0) is 12.5. The van der Waals surface area contributed by atoms with E-state index in [-0.39, 0.29) is 6.04 Å². The second kappa shape index (κ2) is 4.80. The third kappa shape index (κ3) is 2.53. The number of rotatable bonds is 3. The topological polar surface area (TPSA) is 54.3 Å². The third-order valence-electron chi connectivity index (χ3n) is 3.23. The van der Waals surface area contributed by atoms with Crippen LogP contribution in [0.15, 0.2) is 23.4 Å². The molecule has 1 aliphatic heterocycles. The first-order valence-electron chi connectivity index (χ1n) is 5.83. The molecule has 1 aromatic rings. The average Bonchev–Trinajstić information content (AvgIpc) is 2.76. The summed E-state index contributed by atoms with van der Waals surface area (Å²) in [5, 5.41) is 3.15. The second-order valence-electron chi connectivity index (χ2n) is 4.50.